The van der Waals surface area contributed by atoms with Gasteiger partial charge in [-0.05, 0) is 48.9 Å². The normalized spacial score (nSPS) is 11.7. The Morgan fingerprint density at radius 2 is 1.86 bits per heavy atom. The number of rotatable bonds is 7. The number of nitrogens with one attached hydrogen (secondary N) is 1. The monoisotopic (exact) mass is 380 g/mol. The molecule has 1 heterocycles. The topological polar surface area (TPSA) is 60.5 Å². The van der Waals surface area contributed by atoms with Gasteiger partial charge >= 0.3 is 0 Å². The zero-order valence-corrected chi connectivity index (χ0v) is 15.7. The van der Waals surface area contributed by atoms with Crippen LogP contribution in [0.25, 0.3) is 0 Å². The zero-order chi connectivity index (χ0) is 19.9. The van der Waals surface area contributed by atoms with Crippen LogP contribution in [-0.2, 0) is 11.3 Å². The molecule has 144 valence electrons. The van der Waals surface area contributed by atoms with Gasteiger partial charge in [-0.2, -0.15) is 0 Å². The summed E-state index contributed by atoms with van der Waals surface area (Å²) < 4.78 is 24.3. The molecule has 1 amide bonds. The maximum absolute atomic E-state index is 13.6. The van der Waals surface area contributed by atoms with Gasteiger partial charge in [-0.25, -0.2) is 4.39 Å². The maximum atomic E-state index is 13.6. The van der Waals surface area contributed by atoms with Crippen molar-refractivity contribution < 1.29 is 18.7 Å². The second-order valence-corrected chi connectivity index (χ2v) is 6.21. The van der Waals surface area contributed by atoms with Crippen molar-refractivity contribution in [1.82, 2.24) is 10.3 Å². The smallest absolute Gasteiger partial charge is 0.253 e. The fourth-order valence-corrected chi connectivity index (χ4v) is 2.52. The number of methoxy groups -OCH3 is 1. The minimum atomic E-state index is -0.418. The number of para-hydroxylation sites is 1. The number of ether oxygens (including phenoxy) is 2. The van der Waals surface area contributed by atoms with Gasteiger partial charge in [-0.15, -0.1) is 0 Å². The molecule has 6 heteroatoms. The van der Waals surface area contributed by atoms with Crippen molar-refractivity contribution in [2.75, 3.05) is 7.11 Å². The average Bonchev–Trinajstić information content (AvgIpc) is 2.74. The quantitative estimate of drug-likeness (QED) is 0.648. The van der Waals surface area contributed by atoms with E-state index in [9.17, 15) is 9.18 Å². The molecule has 0 radical (unpaired) electrons. The van der Waals surface area contributed by atoms with Gasteiger partial charge in [-0.3, -0.25) is 9.78 Å². The number of amides is 1. The first-order chi connectivity index (χ1) is 13.6. The lowest BCUT2D eigenvalue weighted by molar-refractivity contribution is 0.0949. The molecule has 0 saturated heterocycles. The summed E-state index contributed by atoms with van der Waals surface area (Å²) in [5, 5.41) is 2.85. The van der Waals surface area contributed by atoms with Crippen LogP contribution < -0.4 is 10.1 Å². The van der Waals surface area contributed by atoms with Crippen LogP contribution in [0.4, 0.5) is 4.39 Å². The fraction of sp³-hybridized carbons (Fsp3) is 0.182. The number of hydrogen-bond donors (Lipinski definition) is 1. The third-order valence-corrected chi connectivity index (χ3v) is 4.26. The van der Waals surface area contributed by atoms with Crippen LogP contribution in [0.5, 0.6) is 11.5 Å². The van der Waals surface area contributed by atoms with Crippen LogP contribution in [0.3, 0.4) is 0 Å². The zero-order valence-electron chi connectivity index (χ0n) is 15.7. The van der Waals surface area contributed by atoms with Crippen LogP contribution in [0, 0.1) is 5.82 Å². The van der Waals surface area contributed by atoms with Crippen molar-refractivity contribution in [3.05, 3.63) is 89.5 Å². The van der Waals surface area contributed by atoms with Gasteiger partial charge < -0.3 is 14.8 Å². The number of carbonyl (C=O) groups excluding carboxylic acids is 1. The minimum Gasteiger partial charge on any atom is -0.454 e. The van der Waals surface area contributed by atoms with Crippen molar-refractivity contribution in [2.24, 2.45) is 0 Å². The number of halogens is 1. The Balaban J connectivity index is 1.56. The van der Waals surface area contributed by atoms with E-state index in [-0.39, 0.29) is 17.8 Å². The number of benzene rings is 2. The van der Waals surface area contributed by atoms with E-state index in [1.54, 1.807) is 49.6 Å². The van der Waals surface area contributed by atoms with E-state index in [1.807, 2.05) is 19.1 Å². The Kier molecular flexibility index (Phi) is 6.34. The van der Waals surface area contributed by atoms with E-state index in [2.05, 4.69) is 10.3 Å². The van der Waals surface area contributed by atoms with Gasteiger partial charge in [0, 0.05) is 19.9 Å². The summed E-state index contributed by atoms with van der Waals surface area (Å²) in [6.07, 6.45) is 1.41. The molecule has 2 aromatic carbocycles. The van der Waals surface area contributed by atoms with Gasteiger partial charge in [0.1, 0.15) is 5.75 Å². The van der Waals surface area contributed by atoms with E-state index < -0.39 is 5.82 Å². The highest BCUT2D eigenvalue weighted by Crippen LogP contribution is 2.24. The molecule has 1 unspecified atom stereocenters. The number of nitrogens with zero attached hydrogens (tertiary/aromatic N) is 1. The molecule has 0 aliphatic heterocycles. The highest BCUT2D eigenvalue weighted by atomic mass is 19.1. The fourth-order valence-electron chi connectivity index (χ4n) is 2.52. The van der Waals surface area contributed by atoms with Crippen LogP contribution in [0.15, 0.2) is 66.9 Å². The van der Waals surface area contributed by atoms with Crippen LogP contribution in [-0.4, -0.2) is 18.0 Å². The molecule has 0 fully saturated rings. The summed E-state index contributed by atoms with van der Waals surface area (Å²) in [5.74, 6) is 0.0590. The molecule has 1 N–H and O–H groups in total. The van der Waals surface area contributed by atoms with Crippen molar-refractivity contribution in [1.29, 1.82) is 0 Å². The average molecular weight is 380 g/mol. The van der Waals surface area contributed by atoms with E-state index in [4.69, 9.17) is 9.47 Å². The Labute approximate surface area is 163 Å². The second kappa shape index (κ2) is 9.10. The molecule has 0 saturated carbocycles. The third kappa shape index (κ3) is 4.92. The lowest BCUT2D eigenvalue weighted by Gasteiger charge is -2.10. The molecule has 3 aromatic rings. The predicted octanol–water partition coefficient (Wildman–Crippen LogP) is 4.65. The summed E-state index contributed by atoms with van der Waals surface area (Å²) in [6.45, 7) is 2.25. The number of hydrogen-bond acceptors (Lipinski definition) is 4. The van der Waals surface area contributed by atoms with Gasteiger partial charge in [0.05, 0.1) is 17.4 Å². The largest absolute Gasteiger partial charge is 0.454 e. The van der Waals surface area contributed by atoms with Crippen LogP contribution >= 0.6 is 0 Å². The predicted molar refractivity (Wildman–Crippen MR) is 104 cm³/mol. The number of pyridine rings is 1. The minimum absolute atomic E-state index is 0.123. The molecular formula is C22H21FN2O3. The molecular weight excluding hydrogens is 359 g/mol. The number of carbonyl (C=O) groups is 1. The summed E-state index contributed by atoms with van der Waals surface area (Å²) >= 11 is 0. The third-order valence-electron chi connectivity index (χ3n) is 4.26. The molecule has 28 heavy (non-hydrogen) atoms. The second-order valence-electron chi connectivity index (χ2n) is 6.21. The van der Waals surface area contributed by atoms with Gasteiger partial charge in [0.2, 0.25) is 0 Å². The van der Waals surface area contributed by atoms with Crippen molar-refractivity contribution in [3.8, 4) is 11.5 Å². The molecule has 0 spiro atoms. The van der Waals surface area contributed by atoms with Crippen molar-refractivity contribution in [3.63, 3.8) is 0 Å². The molecule has 5 nitrogen and oxygen atoms in total. The van der Waals surface area contributed by atoms with E-state index in [0.717, 1.165) is 11.3 Å². The van der Waals surface area contributed by atoms with Gasteiger partial charge in [0.15, 0.2) is 11.6 Å². The van der Waals surface area contributed by atoms with Gasteiger partial charge in [0.25, 0.3) is 5.91 Å². The maximum Gasteiger partial charge on any atom is 0.253 e. The summed E-state index contributed by atoms with van der Waals surface area (Å²) in [6, 6.07) is 16.8. The SMILES string of the molecule is COC(C)c1ccc(C(=O)NCc2ccc(Oc3ccccc3F)cc2)cn1. The van der Waals surface area contributed by atoms with E-state index >= 15 is 0 Å². The molecule has 3 rings (SSSR count). The molecule has 0 bridgehead atoms. The summed E-state index contributed by atoms with van der Waals surface area (Å²) in [4.78, 5) is 16.5. The summed E-state index contributed by atoms with van der Waals surface area (Å²) in [5.41, 5.74) is 2.14. The molecule has 0 aliphatic rings. The molecule has 1 atom stereocenters. The van der Waals surface area contributed by atoms with E-state index in [0.29, 0.717) is 17.9 Å². The molecule has 1 aromatic heterocycles. The Bertz CT molecular complexity index is 927. The summed E-state index contributed by atoms with van der Waals surface area (Å²) in [7, 11) is 1.61. The first-order valence-electron chi connectivity index (χ1n) is 8.85. The van der Waals surface area contributed by atoms with Crippen LogP contribution in [0.1, 0.15) is 34.6 Å². The number of aromatic nitrogens is 1. The lowest BCUT2D eigenvalue weighted by atomic mass is 10.2. The van der Waals surface area contributed by atoms with Crippen molar-refractivity contribution >= 4 is 5.91 Å². The van der Waals surface area contributed by atoms with Crippen molar-refractivity contribution in [2.45, 2.75) is 19.6 Å². The highest BCUT2D eigenvalue weighted by Gasteiger charge is 2.09. The Hall–Kier alpha value is -3.25. The van der Waals surface area contributed by atoms with Gasteiger partial charge in [-0.1, -0.05) is 24.3 Å². The first kappa shape index (κ1) is 19.5. The lowest BCUT2D eigenvalue weighted by Crippen LogP contribution is -2.23. The highest BCUT2D eigenvalue weighted by molar-refractivity contribution is 5.93. The Morgan fingerprint density at radius 1 is 1.11 bits per heavy atom. The molecule has 0 aliphatic carbocycles. The van der Waals surface area contributed by atoms with Crippen LogP contribution in [0.2, 0.25) is 0 Å². The Morgan fingerprint density at radius 3 is 2.50 bits per heavy atom. The standard InChI is InChI=1S/C22H21FN2O3/c1-15(27-2)20-12-9-17(14-24-20)22(26)25-13-16-7-10-18(11-8-16)28-21-6-4-3-5-19(21)23/h3-12,14-15H,13H2,1-2H3,(H,25,26). The van der Waals surface area contributed by atoms with E-state index in [1.165, 1.54) is 12.3 Å². The first-order valence-corrected chi connectivity index (χ1v) is 8.85.